The second-order valence-corrected chi connectivity index (χ2v) is 7.56. The molecule has 1 saturated heterocycles. The maximum atomic E-state index is 13.2. The number of para-hydroxylation sites is 1. The lowest BCUT2D eigenvalue weighted by molar-refractivity contribution is -0.125. The normalized spacial score (nSPS) is 17.7. The first-order valence-corrected chi connectivity index (χ1v) is 10.2. The van der Waals surface area contributed by atoms with E-state index in [4.69, 9.17) is 9.47 Å². The Hall–Kier alpha value is -3.55. The van der Waals surface area contributed by atoms with Gasteiger partial charge in [-0.3, -0.25) is 14.4 Å². The fraction of sp³-hybridized carbons (Fsp3) is 0.348. The summed E-state index contributed by atoms with van der Waals surface area (Å²) in [7, 11) is 3.11. The number of anilines is 1. The number of benzene rings is 2. The van der Waals surface area contributed by atoms with Crippen LogP contribution in [-0.4, -0.2) is 56.0 Å². The van der Waals surface area contributed by atoms with Crippen molar-refractivity contribution in [3.05, 3.63) is 53.6 Å². The summed E-state index contributed by atoms with van der Waals surface area (Å²) in [4.78, 5) is 42.0. The summed E-state index contributed by atoms with van der Waals surface area (Å²) in [6, 6.07) is 11.9. The van der Waals surface area contributed by atoms with Gasteiger partial charge in [-0.1, -0.05) is 18.2 Å². The van der Waals surface area contributed by atoms with Gasteiger partial charge in [-0.25, -0.2) is 0 Å². The molecule has 31 heavy (non-hydrogen) atoms. The lowest BCUT2D eigenvalue weighted by atomic mass is 10.1. The van der Waals surface area contributed by atoms with Crippen LogP contribution in [0.4, 0.5) is 5.69 Å². The molecule has 8 heteroatoms. The fourth-order valence-electron chi connectivity index (χ4n) is 4.16. The number of amides is 3. The zero-order valence-electron chi connectivity index (χ0n) is 17.6. The molecule has 2 heterocycles. The molecule has 0 spiro atoms. The molecule has 1 unspecified atom stereocenters. The highest BCUT2D eigenvalue weighted by molar-refractivity contribution is 6.12. The van der Waals surface area contributed by atoms with Gasteiger partial charge in [-0.05, 0) is 42.7 Å². The molecule has 1 N–H and O–H groups in total. The molecule has 2 aliphatic heterocycles. The third-order valence-electron chi connectivity index (χ3n) is 5.73. The number of nitrogens with one attached hydrogen (secondary N) is 1. The van der Waals surface area contributed by atoms with E-state index in [9.17, 15) is 14.4 Å². The molecule has 1 fully saturated rings. The van der Waals surface area contributed by atoms with Gasteiger partial charge < -0.3 is 24.6 Å². The maximum Gasteiger partial charge on any atom is 0.256 e. The number of carbonyl (C=O) groups is 3. The first-order chi connectivity index (χ1) is 15.0. The minimum Gasteiger partial charge on any atom is -0.493 e. The maximum absolute atomic E-state index is 13.2. The summed E-state index contributed by atoms with van der Waals surface area (Å²) in [5.74, 6) is 0.509. The van der Waals surface area contributed by atoms with Crippen LogP contribution in [0.2, 0.25) is 0 Å². The number of nitrogens with zero attached hydrogens (tertiary/aromatic N) is 2. The van der Waals surface area contributed by atoms with Gasteiger partial charge in [0.05, 0.1) is 25.5 Å². The molecule has 3 amide bonds. The fourth-order valence-corrected chi connectivity index (χ4v) is 4.16. The van der Waals surface area contributed by atoms with Crippen LogP contribution >= 0.6 is 0 Å². The Morgan fingerprint density at radius 2 is 1.87 bits per heavy atom. The zero-order valence-corrected chi connectivity index (χ0v) is 17.6. The second kappa shape index (κ2) is 8.67. The number of carbonyl (C=O) groups excluding carboxylic acids is 3. The predicted octanol–water partition coefficient (Wildman–Crippen LogP) is 1.97. The molecule has 1 atom stereocenters. The third-order valence-corrected chi connectivity index (χ3v) is 5.73. The number of hydrogen-bond acceptors (Lipinski definition) is 5. The minimum atomic E-state index is -0.515. The number of fused-ring (bicyclic) bond motifs is 2. The van der Waals surface area contributed by atoms with E-state index in [1.54, 1.807) is 55.5 Å². The van der Waals surface area contributed by atoms with E-state index in [0.29, 0.717) is 35.7 Å². The van der Waals surface area contributed by atoms with Crippen LogP contribution in [0.5, 0.6) is 11.5 Å². The number of ether oxygens (including phenoxy) is 2. The molecule has 4 rings (SSSR count). The number of methoxy groups -OCH3 is 2. The summed E-state index contributed by atoms with van der Waals surface area (Å²) >= 11 is 0. The van der Waals surface area contributed by atoms with E-state index >= 15 is 0 Å². The number of rotatable bonds is 6. The zero-order chi connectivity index (χ0) is 22.0. The quantitative estimate of drug-likeness (QED) is 0.768. The molecule has 0 radical (unpaired) electrons. The predicted molar refractivity (Wildman–Crippen MR) is 114 cm³/mol. The van der Waals surface area contributed by atoms with Crippen molar-refractivity contribution in [2.75, 3.05) is 32.2 Å². The topological polar surface area (TPSA) is 88.2 Å². The van der Waals surface area contributed by atoms with E-state index in [0.717, 1.165) is 12.0 Å². The Balaban J connectivity index is 1.51. The Labute approximate surface area is 180 Å². The minimum absolute atomic E-state index is 0.152. The highest BCUT2D eigenvalue weighted by Crippen LogP contribution is 2.32. The van der Waals surface area contributed by atoms with Gasteiger partial charge in [-0.2, -0.15) is 0 Å². The van der Waals surface area contributed by atoms with E-state index in [2.05, 4.69) is 5.32 Å². The molecule has 0 saturated carbocycles. The van der Waals surface area contributed by atoms with E-state index in [-0.39, 0.29) is 30.8 Å². The van der Waals surface area contributed by atoms with Crippen LogP contribution < -0.4 is 19.7 Å². The van der Waals surface area contributed by atoms with Crippen molar-refractivity contribution in [3.63, 3.8) is 0 Å². The average molecular weight is 423 g/mol. The van der Waals surface area contributed by atoms with Crippen LogP contribution in [0.25, 0.3) is 0 Å². The molecule has 0 aromatic heterocycles. The molecular formula is C23H25N3O5. The van der Waals surface area contributed by atoms with Gasteiger partial charge in [0.15, 0.2) is 11.5 Å². The first-order valence-electron chi connectivity index (χ1n) is 10.2. The molecule has 162 valence electrons. The van der Waals surface area contributed by atoms with Gasteiger partial charge in [-0.15, -0.1) is 0 Å². The Bertz CT molecular complexity index is 1020. The summed E-state index contributed by atoms with van der Waals surface area (Å²) in [5, 5.41) is 2.85. The van der Waals surface area contributed by atoms with Crippen LogP contribution in [0.15, 0.2) is 42.5 Å². The largest absolute Gasteiger partial charge is 0.493 e. The van der Waals surface area contributed by atoms with Gasteiger partial charge in [0.1, 0.15) is 12.6 Å². The Kier molecular flexibility index (Phi) is 5.79. The van der Waals surface area contributed by atoms with E-state index < -0.39 is 6.04 Å². The van der Waals surface area contributed by atoms with Gasteiger partial charge in [0.2, 0.25) is 11.8 Å². The highest BCUT2D eigenvalue weighted by Gasteiger charge is 2.42. The Morgan fingerprint density at radius 3 is 2.65 bits per heavy atom. The lowest BCUT2D eigenvalue weighted by Crippen LogP contribution is -2.48. The third kappa shape index (κ3) is 3.93. The van der Waals surface area contributed by atoms with Crippen molar-refractivity contribution in [1.82, 2.24) is 10.2 Å². The Morgan fingerprint density at radius 1 is 1.10 bits per heavy atom. The molecule has 2 aliphatic rings. The van der Waals surface area contributed by atoms with Gasteiger partial charge >= 0.3 is 0 Å². The average Bonchev–Trinajstić information content (AvgIpc) is 3.27. The second-order valence-electron chi connectivity index (χ2n) is 7.56. The van der Waals surface area contributed by atoms with Crippen LogP contribution in [0.3, 0.4) is 0 Å². The first kappa shape index (κ1) is 20.7. The summed E-state index contributed by atoms with van der Waals surface area (Å²) < 4.78 is 10.5. The molecule has 2 aromatic rings. The summed E-state index contributed by atoms with van der Waals surface area (Å²) in [6.45, 7) is 0.682. The summed E-state index contributed by atoms with van der Waals surface area (Å²) in [5.41, 5.74) is 1.77. The van der Waals surface area contributed by atoms with Crippen molar-refractivity contribution in [1.29, 1.82) is 0 Å². The molecule has 0 aliphatic carbocycles. The van der Waals surface area contributed by atoms with Gasteiger partial charge in [0, 0.05) is 13.1 Å². The van der Waals surface area contributed by atoms with Crippen molar-refractivity contribution in [2.45, 2.75) is 25.4 Å². The van der Waals surface area contributed by atoms with Crippen LogP contribution in [-0.2, 0) is 16.1 Å². The number of hydrogen-bond donors (Lipinski definition) is 1. The van der Waals surface area contributed by atoms with Crippen molar-refractivity contribution < 1.29 is 23.9 Å². The lowest BCUT2D eigenvalue weighted by Gasteiger charge is -2.25. The monoisotopic (exact) mass is 423 g/mol. The molecule has 8 nitrogen and oxygen atoms in total. The highest BCUT2D eigenvalue weighted by atomic mass is 16.5. The van der Waals surface area contributed by atoms with Crippen molar-refractivity contribution >= 4 is 23.4 Å². The standard InChI is InChI=1S/C23H25N3O5/c1-30-19-10-9-15(12-20(19)31-2)13-24-21(27)14-26-17-7-4-3-6-16(17)22(28)25-11-5-8-18(25)23(26)29/h3-4,6-7,9-10,12,18H,5,8,11,13-14H2,1-2H3,(H,24,27). The van der Waals surface area contributed by atoms with Crippen LogP contribution in [0, 0.1) is 0 Å². The smallest absolute Gasteiger partial charge is 0.256 e. The SMILES string of the molecule is COc1ccc(CNC(=O)CN2C(=O)C3CCCN3C(=O)c3ccccc32)cc1OC. The van der Waals surface area contributed by atoms with Crippen molar-refractivity contribution in [3.8, 4) is 11.5 Å². The van der Waals surface area contributed by atoms with Gasteiger partial charge in [0.25, 0.3) is 5.91 Å². The van der Waals surface area contributed by atoms with E-state index in [1.165, 1.54) is 4.90 Å². The molecule has 0 bridgehead atoms. The molecule has 2 aromatic carbocycles. The van der Waals surface area contributed by atoms with Crippen LogP contribution in [0.1, 0.15) is 28.8 Å². The molecular weight excluding hydrogens is 398 g/mol. The van der Waals surface area contributed by atoms with Crippen molar-refractivity contribution in [2.24, 2.45) is 0 Å². The van der Waals surface area contributed by atoms with E-state index in [1.807, 2.05) is 6.07 Å². The summed E-state index contributed by atoms with van der Waals surface area (Å²) in [6.07, 6.45) is 1.39.